The van der Waals surface area contributed by atoms with Gasteiger partial charge in [0.25, 0.3) is 0 Å². The van der Waals surface area contributed by atoms with Crippen LogP contribution >= 0.6 is 0 Å². The fourth-order valence-electron chi connectivity index (χ4n) is 0.735. The number of allylic oxidation sites excluding steroid dienone is 2. The molecule has 0 aliphatic carbocycles. The van der Waals surface area contributed by atoms with Gasteiger partial charge >= 0.3 is 18.5 Å². The van der Waals surface area contributed by atoms with E-state index >= 15 is 0 Å². The van der Waals surface area contributed by atoms with E-state index in [4.69, 9.17) is 0 Å². The molecule has 102 valence electrons. The van der Waals surface area contributed by atoms with Crippen molar-refractivity contribution in [3.63, 3.8) is 0 Å². The van der Waals surface area contributed by atoms with Gasteiger partial charge in [-0.15, -0.1) is 0 Å². The molecule has 0 radical (unpaired) electrons. The highest BCUT2D eigenvalue weighted by Crippen LogP contribution is 2.47. The largest absolute Gasteiger partial charge is 0.445 e. The predicted molar refractivity (Wildman–Crippen MR) is 30.9 cm³/mol. The van der Waals surface area contributed by atoms with Crippen LogP contribution in [-0.4, -0.2) is 18.5 Å². The molecule has 11 heteroatoms. The highest BCUT2D eigenvalue weighted by Gasteiger charge is 2.61. The highest BCUT2D eigenvalue weighted by atomic mass is 19.4. The molecule has 0 spiro atoms. The van der Waals surface area contributed by atoms with Crippen molar-refractivity contribution >= 4 is 0 Å². The van der Waals surface area contributed by atoms with Gasteiger partial charge in [-0.2, -0.15) is 43.9 Å². The standard InChI is InChI=1S/C6HF11/c7-1(3(8)6(15,16)17)2(4(9,10)11)5(12,13)14/h2H/b3-1+. The van der Waals surface area contributed by atoms with Crippen LogP contribution in [0.1, 0.15) is 0 Å². The van der Waals surface area contributed by atoms with Crippen molar-refractivity contribution in [3.05, 3.63) is 11.7 Å². The van der Waals surface area contributed by atoms with Gasteiger partial charge in [0, 0.05) is 0 Å². The Labute approximate surface area is 85.7 Å². The molecule has 0 rings (SSSR count). The summed E-state index contributed by atoms with van der Waals surface area (Å²) >= 11 is 0. The maximum atomic E-state index is 12.3. The lowest BCUT2D eigenvalue weighted by Gasteiger charge is -2.22. The minimum absolute atomic E-state index is 3.96. The molecule has 0 nitrogen and oxygen atoms in total. The van der Waals surface area contributed by atoms with Crippen molar-refractivity contribution in [1.29, 1.82) is 0 Å². The molecule has 0 bridgehead atoms. The van der Waals surface area contributed by atoms with Crippen LogP contribution in [0.2, 0.25) is 0 Å². The second-order valence-electron chi connectivity index (χ2n) is 2.68. The zero-order valence-corrected chi connectivity index (χ0v) is 7.23. The van der Waals surface area contributed by atoms with Crippen molar-refractivity contribution in [1.82, 2.24) is 0 Å². The van der Waals surface area contributed by atoms with Gasteiger partial charge in [0.05, 0.1) is 0 Å². The predicted octanol–water partition coefficient (Wildman–Crippen LogP) is 4.44. The monoisotopic (exact) mass is 282 g/mol. The lowest BCUT2D eigenvalue weighted by atomic mass is 10.1. The van der Waals surface area contributed by atoms with Gasteiger partial charge < -0.3 is 0 Å². The van der Waals surface area contributed by atoms with Crippen molar-refractivity contribution in [2.24, 2.45) is 5.92 Å². The zero-order valence-electron chi connectivity index (χ0n) is 7.23. The fraction of sp³-hybridized carbons (Fsp3) is 0.667. The van der Waals surface area contributed by atoms with Crippen molar-refractivity contribution in [3.8, 4) is 0 Å². The van der Waals surface area contributed by atoms with E-state index < -0.39 is 36.1 Å². The van der Waals surface area contributed by atoms with E-state index in [1.807, 2.05) is 0 Å². The van der Waals surface area contributed by atoms with Crippen LogP contribution in [0.5, 0.6) is 0 Å². The van der Waals surface area contributed by atoms with Crippen molar-refractivity contribution in [2.45, 2.75) is 18.5 Å². The summed E-state index contributed by atoms with van der Waals surface area (Å²) in [5, 5.41) is 0. The van der Waals surface area contributed by atoms with E-state index in [1.54, 1.807) is 0 Å². The molecule has 0 aromatic carbocycles. The van der Waals surface area contributed by atoms with E-state index in [2.05, 4.69) is 0 Å². The molecule has 0 aromatic rings. The third kappa shape index (κ3) is 4.04. The van der Waals surface area contributed by atoms with E-state index in [0.29, 0.717) is 0 Å². The molecule has 0 fully saturated rings. The van der Waals surface area contributed by atoms with Crippen molar-refractivity contribution in [2.75, 3.05) is 0 Å². The third-order valence-corrected chi connectivity index (χ3v) is 1.37. The van der Waals surface area contributed by atoms with E-state index in [-0.39, 0.29) is 0 Å². The first kappa shape index (κ1) is 16.0. The first-order valence-electron chi connectivity index (χ1n) is 3.44. The van der Waals surface area contributed by atoms with E-state index in [1.165, 1.54) is 0 Å². The minimum atomic E-state index is -6.43. The van der Waals surface area contributed by atoms with Crippen LogP contribution in [0, 0.1) is 5.92 Å². The molecule has 0 N–H and O–H groups in total. The molecule has 0 saturated heterocycles. The summed E-state index contributed by atoms with van der Waals surface area (Å²) in [5.41, 5.74) is 0. The molecule has 0 atom stereocenters. The van der Waals surface area contributed by atoms with Gasteiger partial charge in [-0.1, -0.05) is 0 Å². The van der Waals surface area contributed by atoms with Gasteiger partial charge in [-0.25, -0.2) is 4.39 Å². The summed E-state index contributed by atoms with van der Waals surface area (Å²) in [7, 11) is 0. The number of rotatable bonds is 1. The average molecular weight is 282 g/mol. The molecule has 0 aromatic heterocycles. The Morgan fingerprint density at radius 2 is 0.941 bits per heavy atom. The van der Waals surface area contributed by atoms with Crippen LogP contribution in [-0.2, 0) is 0 Å². The Kier molecular flexibility index (Phi) is 4.07. The van der Waals surface area contributed by atoms with E-state index in [9.17, 15) is 48.3 Å². The molecular weight excluding hydrogens is 281 g/mol. The van der Waals surface area contributed by atoms with Crippen LogP contribution in [0.3, 0.4) is 0 Å². The quantitative estimate of drug-likeness (QED) is 0.624. The summed E-state index contributed by atoms with van der Waals surface area (Å²) in [5.74, 6) is -13.2. The van der Waals surface area contributed by atoms with Crippen LogP contribution in [0.25, 0.3) is 0 Å². The lowest BCUT2D eigenvalue weighted by Crippen LogP contribution is -2.38. The molecule has 0 amide bonds. The third-order valence-electron chi connectivity index (χ3n) is 1.37. The minimum Gasteiger partial charge on any atom is -0.208 e. The highest BCUT2D eigenvalue weighted by molar-refractivity contribution is 5.12. The average Bonchev–Trinajstić information content (AvgIpc) is 1.94. The lowest BCUT2D eigenvalue weighted by molar-refractivity contribution is -0.277. The van der Waals surface area contributed by atoms with E-state index in [0.717, 1.165) is 0 Å². The summed E-state index contributed by atoms with van der Waals surface area (Å²) < 4.78 is 129. The summed E-state index contributed by atoms with van der Waals surface area (Å²) in [6.45, 7) is 0. The summed E-state index contributed by atoms with van der Waals surface area (Å²) in [6, 6.07) is 0. The van der Waals surface area contributed by atoms with Gasteiger partial charge in [0.2, 0.25) is 11.7 Å². The topological polar surface area (TPSA) is 0 Å². The normalized spacial score (nSPS) is 16.2. The Bertz CT molecular complexity index is 285. The first-order valence-corrected chi connectivity index (χ1v) is 3.44. The zero-order chi connectivity index (χ0) is 14.2. The van der Waals surface area contributed by atoms with Gasteiger partial charge in [0.1, 0.15) is 0 Å². The number of hydrogen-bond acceptors (Lipinski definition) is 0. The Morgan fingerprint density at radius 1 is 0.647 bits per heavy atom. The second-order valence-corrected chi connectivity index (χ2v) is 2.68. The van der Waals surface area contributed by atoms with Gasteiger partial charge in [-0.3, -0.25) is 0 Å². The SMILES string of the molecule is F/C(=C(/F)C(F)(F)F)C(C(F)(F)F)C(F)(F)F. The molecule has 0 aliphatic rings. The molecule has 0 saturated carbocycles. The van der Waals surface area contributed by atoms with Gasteiger partial charge in [0.15, 0.2) is 5.83 Å². The molecular formula is C6HF11. The molecule has 17 heavy (non-hydrogen) atoms. The summed E-state index contributed by atoms with van der Waals surface area (Å²) in [6.07, 6.45) is -19.1. The maximum Gasteiger partial charge on any atom is 0.445 e. The maximum absolute atomic E-state index is 12.3. The van der Waals surface area contributed by atoms with Crippen LogP contribution in [0.4, 0.5) is 48.3 Å². The first-order chi connectivity index (χ1) is 7.19. The Morgan fingerprint density at radius 3 is 1.12 bits per heavy atom. The van der Waals surface area contributed by atoms with Crippen molar-refractivity contribution < 1.29 is 48.3 Å². The summed E-state index contributed by atoms with van der Waals surface area (Å²) in [4.78, 5) is 0. The molecule has 0 heterocycles. The number of hydrogen-bond donors (Lipinski definition) is 0. The van der Waals surface area contributed by atoms with Crippen LogP contribution < -0.4 is 0 Å². The Hall–Kier alpha value is -1.03. The second kappa shape index (κ2) is 4.33. The van der Waals surface area contributed by atoms with Crippen LogP contribution in [0.15, 0.2) is 11.7 Å². The molecule has 0 unspecified atom stereocenters. The fourth-order valence-corrected chi connectivity index (χ4v) is 0.735. The molecule has 0 aliphatic heterocycles. The smallest absolute Gasteiger partial charge is 0.208 e. The van der Waals surface area contributed by atoms with Gasteiger partial charge in [-0.05, 0) is 0 Å². The number of alkyl halides is 9. The number of halogens is 11. The Balaban J connectivity index is 5.69.